The van der Waals surface area contributed by atoms with Crippen molar-refractivity contribution in [1.82, 2.24) is 4.90 Å². The molecule has 0 bridgehead atoms. The summed E-state index contributed by atoms with van der Waals surface area (Å²) in [5, 5.41) is 0. The van der Waals surface area contributed by atoms with Crippen LogP contribution >= 0.6 is 0 Å². The molecule has 2 aromatic rings. The molecule has 0 saturated carbocycles. The van der Waals surface area contributed by atoms with Crippen molar-refractivity contribution in [1.29, 1.82) is 0 Å². The maximum absolute atomic E-state index is 12.3. The van der Waals surface area contributed by atoms with Gasteiger partial charge < -0.3 is 14.4 Å². The van der Waals surface area contributed by atoms with Crippen molar-refractivity contribution in [3.8, 4) is 5.75 Å². The van der Waals surface area contributed by atoms with Gasteiger partial charge in [0, 0.05) is 20.0 Å². The fourth-order valence-corrected chi connectivity index (χ4v) is 2.80. The number of hydrogen-bond donors (Lipinski definition) is 0. The molecule has 0 aliphatic heterocycles. The zero-order valence-corrected chi connectivity index (χ0v) is 17.4. The van der Waals surface area contributed by atoms with E-state index in [4.69, 9.17) is 9.47 Å². The Hall–Kier alpha value is -2.75. The lowest BCUT2D eigenvalue weighted by Gasteiger charge is -2.27. The zero-order chi connectivity index (χ0) is 20.6. The largest absolute Gasteiger partial charge is 0.485 e. The highest BCUT2D eigenvalue weighted by molar-refractivity contribution is 5.67. The first-order chi connectivity index (χ1) is 13.3. The fraction of sp³-hybridized carbons (Fsp3) is 0.375. The first kappa shape index (κ1) is 21.5. The van der Waals surface area contributed by atoms with E-state index in [-0.39, 0.29) is 12.2 Å². The van der Waals surface area contributed by atoms with E-state index < -0.39 is 5.60 Å². The highest BCUT2D eigenvalue weighted by atomic mass is 16.6. The number of ether oxygens (including phenoxy) is 2. The molecule has 0 heterocycles. The topological polar surface area (TPSA) is 38.8 Å². The van der Waals surface area contributed by atoms with Gasteiger partial charge >= 0.3 is 6.09 Å². The van der Waals surface area contributed by atoms with Crippen LogP contribution in [0.25, 0.3) is 0 Å². The molecule has 2 rings (SSSR count). The van der Waals surface area contributed by atoms with Crippen LogP contribution in [0.5, 0.6) is 5.75 Å². The van der Waals surface area contributed by atoms with Crippen LogP contribution in [0.2, 0.25) is 0 Å². The monoisotopic (exact) mass is 381 g/mol. The summed E-state index contributed by atoms with van der Waals surface area (Å²) in [4.78, 5) is 13.9. The van der Waals surface area contributed by atoms with E-state index in [9.17, 15) is 4.79 Å². The molecule has 4 heteroatoms. The Bertz CT molecular complexity index is 765. The molecule has 0 N–H and O–H groups in total. The zero-order valence-electron chi connectivity index (χ0n) is 17.4. The summed E-state index contributed by atoms with van der Waals surface area (Å²) in [6.07, 6.45) is 2.77. The highest BCUT2D eigenvalue weighted by Crippen LogP contribution is 2.28. The molecule has 1 atom stereocenters. The van der Waals surface area contributed by atoms with Crippen molar-refractivity contribution in [2.24, 2.45) is 0 Å². The average molecular weight is 382 g/mol. The van der Waals surface area contributed by atoms with Gasteiger partial charge in [-0.05, 0) is 44.4 Å². The molecule has 0 aromatic heterocycles. The van der Waals surface area contributed by atoms with Crippen LogP contribution in [0.1, 0.15) is 44.4 Å². The van der Waals surface area contributed by atoms with Gasteiger partial charge in [0.25, 0.3) is 0 Å². The van der Waals surface area contributed by atoms with Crippen molar-refractivity contribution in [2.75, 3.05) is 13.6 Å². The third kappa shape index (κ3) is 6.76. The summed E-state index contributed by atoms with van der Waals surface area (Å²) in [6, 6.07) is 18.1. The van der Waals surface area contributed by atoms with Gasteiger partial charge in [-0.15, -0.1) is 6.58 Å². The number of para-hydroxylation sites is 1. The van der Waals surface area contributed by atoms with Crippen LogP contribution in [-0.4, -0.2) is 30.2 Å². The number of carbonyl (C=O) groups is 1. The predicted molar refractivity (Wildman–Crippen MR) is 114 cm³/mol. The van der Waals surface area contributed by atoms with E-state index in [0.717, 1.165) is 23.3 Å². The van der Waals surface area contributed by atoms with E-state index in [0.29, 0.717) is 13.0 Å². The predicted octanol–water partition coefficient (Wildman–Crippen LogP) is 5.79. The van der Waals surface area contributed by atoms with Gasteiger partial charge in [-0.2, -0.15) is 0 Å². The van der Waals surface area contributed by atoms with E-state index in [1.807, 2.05) is 81.4 Å². The Labute approximate surface area is 168 Å². The second-order valence-electron chi connectivity index (χ2n) is 7.81. The van der Waals surface area contributed by atoms with Gasteiger partial charge in [0.2, 0.25) is 0 Å². The first-order valence-electron chi connectivity index (χ1n) is 9.64. The minimum atomic E-state index is -0.510. The summed E-state index contributed by atoms with van der Waals surface area (Å²) < 4.78 is 11.8. The first-order valence-corrected chi connectivity index (χ1v) is 9.64. The molecule has 28 heavy (non-hydrogen) atoms. The lowest BCUT2D eigenvalue weighted by Crippen LogP contribution is -2.35. The molecule has 150 valence electrons. The summed E-state index contributed by atoms with van der Waals surface area (Å²) in [7, 11) is 1.75. The van der Waals surface area contributed by atoms with Gasteiger partial charge in [-0.3, -0.25) is 0 Å². The Kier molecular flexibility index (Phi) is 7.68. The number of nitrogens with zero attached hydrogens (tertiary/aromatic N) is 1. The lowest BCUT2D eigenvalue weighted by molar-refractivity contribution is 0.0278. The maximum Gasteiger partial charge on any atom is 0.410 e. The number of benzene rings is 2. The number of amides is 1. The van der Waals surface area contributed by atoms with Crippen LogP contribution in [-0.2, 0) is 11.2 Å². The second kappa shape index (κ2) is 9.98. The molecule has 0 fully saturated rings. The van der Waals surface area contributed by atoms with Crippen LogP contribution < -0.4 is 4.74 Å². The van der Waals surface area contributed by atoms with Crippen molar-refractivity contribution >= 4 is 6.09 Å². The third-order valence-electron chi connectivity index (χ3n) is 4.21. The Balaban J connectivity index is 2.13. The SMILES string of the molecule is C=CCc1ccccc1O[C@H](CCN(C)C(=O)OC(C)(C)C)c1ccccc1. The van der Waals surface area contributed by atoms with Gasteiger partial charge in [-0.1, -0.05) is 54.6 Å². The quantitative estimate of drug-likeness (QED) is 0.543. The molecule has 0 saturated heterocycles. The molecule has 0 radical (unpaired) electrons. The third-order valence-corrected chi connectivity index (χ3v) is 4.21. The molecule has 0 unspecified atom stereocenters. The van der Waals surface area contributed by atoms with Gasteiger partial charge in [0.15, 0.2) is 0 Å². The average Bonchev–Trinajstić information content (AvgIpc) is 2.65. The molecule has 1 amide bonds. The van der Waals surface area contributed by atoms with Gasteiger partial charge in [0.1, 0.15) is 17.5 Å². The van der Waals surface area contributed by atoms with Gasteiger partial charge in [-0.25, -0.2) is 4.79 Å². The summed E-state index contributed by atoms with van der Waals surface area (Å²) >= 11 is 0. The van der Waals surface area contributed by atoms with Crippen molar-refractivity contribution in [3.05, 3.63) is 78.4 Å². The highest BCUT2D eigenvalue weighted by Gasteiger charge is 2.22. The molecular formula is C24H31NO3. The minimum Gasteiger partial charge on any atom is -0.485 e. The molecule has 0 aliphatic rings. The van der Waals surface area contributed by atoms with E-state index >= 15 is 0 Å². The molecule has 0 aliphatic carbocycles. The fourth-order valence-electron chi connectivity index (χ4n) is 2.80. The summed E-state index contributed by atoms with van der Waals surface area (Å²) in [6.45, 7) is 9.95. The second-order valence-corrected chi connectivity index (χ2v) is 7.81. The maximum atomic E-state index is 12.3. The van der Waals surface area contributed by atoms with E-state index in [2.05, 4.69) is 6.58 Å². The summed E-state index contributed by atoms with van der Waals surface area (Å²) in [5.41, 5.74) is 1.66. The van der Waals surface area contributed by atoms with E-state index in [1.165, 1.54) is 0 Å². The lowest BCUT2D eigenvalue weighted by atomic mass is 10.1. The van der Waals surface area contributed by atoms with Crippen LogP contribution in [0.15, 0.2) is 67.3 Å². The van der Waals surface area contributed by atoms with Crippen molar-refractivity contribution in [2.45, 2.75) is 45.3 Å². The van der Waals surface area contributed by atoms with Crippen LogP contribution in [0, 0.1) is 0 Å². The number of rotatable bonds is 8. The molecule has 0 spiro atoms. The summed E-state index contributed by atoms with van der Waals surface area (Å²) in [5.74, 6) is 0.844. The molecular weight excluding hydrogens is 350 g/mol. The van der Waals surface area contributed by atoms with E-state index in [1.54, 1.807) is 11.9 Å². The minimum absolute atomic E-state index is 0.169. The Morgan fingerprint density at radius 1 is 1.11 bits per heavy atom. The van der Waals surface area contributed by atoms with Crippen molar-refractivity contribution < 1.29 is 14.3 Å². The van der Waals surface area contributed by atoms with Crippen molar-refractivity contribution in [3.63, 3.8) is 0 Å². The Morgan fingerprint density at radius 3 is 2.39 bits per heavy atom. The number of hydrogen-bond acceptors (Lipinski definition) is 3. The van der Waals surface area contributed by atoms with Crippen LogP contribution in [0.4, 0.5) is 4.79 Å². The smallest absolute Gasteiger partial charge is 0.410 e. The molecule has 2 aromatic carbocycles. The number of allylic oxidation sites excluding steroid dienone is 1. The normalized spacial score (nSPS) is 12.1. The van der Waals surface area contributed by atoms with Crippen LogP contribution in [0.3, 0.4) is 0 Å². The standard InChI is InChI=1S/C24H31NO3/c1-6-12-19-15-10-11-16-21(19)27-22(20-13-8-7-9-14-20)17-18-25(5)23(26)28-24(2,3)4/h6-11,13-16,22H,1,12,17-18H2,2-5H3/t22-/m1/s1. The Morgan fingerprint density at radius 2 is 1.75 bits per heavy atom. The molecule has 4 nitrogen and oxygen atoms in total. The van der Waals surface area contributed by atoms with Gasteiger partial charge in [0.05, 0.1) is 0 Å². The number of carbonyl (C=O) groups excluding carboxylic acids is 1.